The summed E-state index contributed by atoms with van der Waals surface area (Å²) >= 11 is 0. The molecule has 2 saturated heterocycles. The number of ether oxygens (including phenoxy) is 1. The monoisotopic (exact) mass is 495 g/mol. The summed E-state index contributed by atoms with van der Waals surface area (Å²) < 4.78 is 81.1. The standard InChI is InChI=1S/C17H25N3O8S3/c1-12(21)18-13-3-4-16(28-2)17(9-13)31(26,27)20(15-6-8-30(24,25)11-15)19-14-5-7-29(22,23)10-14/h3-4,9,14-15,19H,5-8,10-11H2,1-2H3,(H,18,21)/t14-,15+/m1/s1. The van der Waals surface area contributed by atoms with E-state index in [4.69, 9.17) is 4.74 Å². The van der Waals surface area contributed by atoms with Crippen LogP contribution in [0.1, 0.15) is 19.8 Å². The van der Waals surface area contributed by atoms with Crippen LogP contribution >= 0.6 is 0 Å². The first-order valence-electron chi connectivity index (χ1n) is 9.50. The number of benzene rings is 1. The van der Waals surface area contributed by atoms with Gasteiger partial charge in [0.05, 0.1) is 36.2 Å². The summed E-state index contributed by atoms with van der Waals surface area (Å²) in [6.07, 6.45) is 0.276. The van der Waals surface area contributed by atoms with E-state index in [0.717, 1.165) is 4.41 Å². The number of rotatable bonds is 7. The first-order valence-corrected chi connectivity index (χ1v) is 14.6. The molecule has 0 aliphatic carbocycles. The Morgan fingerprint density at radius 3 is 2.26 bits per heavy atom. The third kappa shape index (κ3) is 5.55. The number of hydrazine groups is 1. The Labute approximate surface area is 182 Å². The predicted molar refractivity (Wildman–Crippen MR) is 114 cm³/mol. The molecule has 11 nitrogen and oxygen atoms in total. The van der Waals surface area contributed by atoms with E-state index in [-0.39, 0.29) is 52.2 Å². The molecule has 2 N–H and O–H groups in total. The lowest BCUT2D eigenvalue weighted by Gasteiger charge is -2.31. The van der Waals surface area contributed by atoms with Crippen molar-refractivity contribution < 1.29 is 34.8 Å². The van der Waals surface area contributed by atoms with Crippen molar-refractivity contribution in [3.63, 3.8) is 0 Å². The van der Waals surface area contributed by atoms with Crippen molar-refractivity contribution in [3.05, 3.63) is 18.2 Å². The van der Waals surface area contributed by atoms with Crippen LogP contribution in [-0.2, 0) is 34.5 Å². The minimum atomic E-state index is -4.37. The van der Waals surface area contributed by atoms with Crippen LogP contribution < -0.4 is 15.5 Å². The second kappa shape index (κ2) is 8.65. The van der Waals surface area contributed by atoms with E-state index in [2.05, 4.69) is 10.7 Å². The molecule has 1 aromatic carbocycles. The van der Waals surface area contributed by atoms with Crippen LogP contribution in [-0.4, -0.2) is 77.8 Å². The molecule has 2 fully saturated rings. The number of anilines is 1. The first-order chi connectivity index (χ1) is 14.3. The van der Waals surface area contributed by atoms with Gasteiger partial charge in [-0.1, -0.05) is 0 Å². The van der Waals surface area contributed by atoms with Gasteiger partial charge in [-0.2, -0.15) is 0 Å². The number of amides is 1. The molecule has 1 amide bonds. The van der Waals surface area contributed by atoms with Gasteiger partial charge >= 0.3 is 0 Å². The molecule has 2 aliphatic heterocycles. The lowest BCUT2D eigenvalue weighted by atomic mass is 10.2. The Morgan fingerprint density at radius 1 is 1.10 bits per heavy atom. The highest BCUT2D eigenvalue weighted by atomic mass is 32.2. The largest absolute Gasteiger partial charge is 0.495 e. The average molecular weight is 496 g/mol. The maximum absolute atomic E-state index is 13.6. The van der Waals surface area contributed by atoms with Crippen molar-refractivity contribution >= 4 is 41.3 Å². The van der Waals surface area contributed by atoms with E-state index in [1.54, 1.807) is 0 Å². The molecule has 0 spiro atoms. The van der Waals surface area contributed by atoms with Gasteiger partial charge in [0.2, 0.25) is 5.91 Å². The van der Waals surface area contributed by atoms with Crippen LogP contribution in [0.5, 0.6) is 5.75 Å². The minimum Gasteiger partial charge on any atom is -0.495 e. The van der Waals surface area contributed by atoms with Gasteiger partial charge < -0.3 is 10.1 Å². The van der Waals surface area contributed by atoms with Crippen LogP contribution in [0, 0.1) is 0 Å². The highest BCUT2D eigenvalue weighted by Gasteiger charge is 2.42. The Kier molecular flexibility index (Phi) is 6.68. The lowest BCUT2D eigenvalue weighted by Crippen LogP contribution is -2.54. The van der Waals surface area contributed by atoms with Crippen LogP contribution in [0.4, 0.5) is 5.69 Å². The zero-order valence-electron chi connectivity index (χ0n) is 17.1. The van der Waals surface area contributed by atoms with Gasteiger partial charge in [-0.05, 0) is 31.0 Å². The third-order valence-electron chi connectivity index (χ3n) is 5.10. The third-order valence-corrected chi connectivity index (χ3v) is 10.4. The number of sulfone groups is 2. The van der Waals surface area contributed by atoms with Crippen molar-refractivity contribution in [2.45, 2.75) is 36.7 Å². The molecule has 2 heterocycles. The van der Waals surface area contributed by atoms with E-state index in [1.165, 1.54) is 32.2 Å². The normalized spacial score (nSPS) is 24.9. The molecule has 3 rings (SSSR count). The molecular formula is C17H25N3O8S3. The molecule has 31 heavy (non-hydrogen) atoms. The second-order valence-corrected chi connectivity index (χ2v) is 13.9. The molecule has 0 unspecified atom stereocenters. The van der Waals surface area contributed by atoms with Crippen molar-refractivity contribution in [3.8, 4) is 5.75 Å². The van der Waals surface area contributed by atoms with E-state index in [0.29, 0.717) is 0 Å². The van der Waals surface area contributed by atoms with Crippen molar-refractivity contribution in [1.82, 2.24) is 9.84 Å². The molecule has 0 bridgehead atoms. The number of sulfonamides is 1. The van der Waals surface area contributed by atoms with Crippen molar-refractivity contribution in [1.29, 1.82) is 0 Å². The Morgan fingerprint density at radius 2 is 1.74 bits per heavy atom. The molecule has 1 aromatic rings. The quantitative estimate of drug-likeness (QED) is 0.477. The summed E-state index contributed by atoms with van der Waals surface area (Å²) in [5.41, 5.74) is 2.98. The Hall–Kier alpha value is -1.74. The fraction of sp³-hybridized carbons (Fsp3) is 0.588. The highest BCUT2D eigenvalue weighted by Crippen LogP contribution is 2.32. The van der Waals surface area contributed by atoms with E-state index < -0.39 is 47.7 Å². The molecular weight excluding hydrogens is 470 g/mol. The molecule has 0 aromatic heterocycles. The maximum atomic E-state index is 13.6. The summed E-state index contributed by atoms with van der Waals surface area (Å²) in [5.74, 6) is -1.28. The molecule has 0 saturated carbocycles. The smallest absolute Gasteiger partial charge is 0.259 e. The fourth-order valence-electron chi connectivity index (χ4n) is 3.67. The Balaban J connectivity index is 2.03. The number of nitrogens with zero attached hydrogens (tertiary/aromatic N) is 1. The van der Waals surface area contributed by atoms with Crippen molar-refractivity contribution in [2.75, 3.05) is 35.4 Å². The van der Waals surface area contributed by atoms with E-state index >= 15 is 0 Å². The van der Waals surface area contributed by atoms with Crippen molar-refractivity contribution in [2.24, 2.45) is 0 Å². The fourth-order valence-corrected chi connectivity index (χ4v) is 8.89. The summed E-state index contributed by atoms with van der Waals surface area (Å²) in [5, 5.41) is 2.50. The second-order valence-electron chi connectivity index (χ2n) is 7.63. The average Bonchev–Trinajstić information content (AvgIpc) is 3.19. The van der Waals surface area contributed by atoms with Crippen LogP contribution in [0.2, 0.25) is 0 Å². The molecule has 14 heteroatoms. The van der Waals surface area contributed by atoms with E-state index in [9.17, 15) is 30.0 Å². The number of hydrogen-bond donors (Lipinski definition) is 2. The van der Waals surface area contributed by atoms with Gasteiger partial charge in [0.1, 0.15) is 10.6 Å². The van der Waals surface area contributed by atoms with E-state index in [1.807, 2.05) is 0 Å². The first kappa shape index (κ1) is 23.9. The van der Waals surface area contributed by atoms with Gasteiger partial charge in [-0.3, -0.25) is 4.79 Å². The summed E-state index contributed by atoms with van der Waals surface area (Å²) in [4.78, 5) is 11.1. The summed E-state index contributed by atoms with van der Waals surface area (Å²) in [6.45, 7) is 1.27. The highest BCUT2D eigenvalue weighted by molar-refractivity contribution is 7.92. The number of methoxy groups -OCH3 is 1. The van der Waals surface area contributed by atoms with Crippen LogP contribution in [0.25, 0.3) is 0 Å². The zero-order valence-corrected chi connectivity index (χ0v) is 19.5. The van der Waals surface area contributed by atoms with Gasteiger partial charge in [0.25, 0.3) is 10.0 Å². The SMILES string of the molecule is COc1ccc(NC(C)=O)cc1S(=O)(=O)N(N[C@@H]1CCS(=O)(=O)C1)[C@H]1CCS(=O)(=O)C1. The van der Waals surface area contributed by atoms with Crippen LogP contribution in [0.15, 0.2) is 23.1 Å². The maximum Gasteiger partial charge on any atom is 0.259 e. The van der Waals surface area contributed by atoms with Gasteiger partial charge in [-0.15, -0.1) is 4.41 Å². The molecule has 174 valence electrons. The number of hydrogen-bond acceptors (Lipinski definition) is 9. The van der Waals surface area contributed by atoms with Gasteiger partial charge in [0, 0.05) is 18.7 Å². The molecule has 2 atom stereocenters. The molecule has 2 aliphatic rings. The zero-order chi connectivity index (χ0) is 23.0. The molecule has 0 radical (unpaired) electrons. The van der Waals surface area contributed by atoms with Crippen LogP contribution in [0.3, 0.4) is 0 Å². The summed E-state index contributed by atoms with van der Waals surface area (Å²) in [7, 11) is -9.83. The number of carbonyl (C=O) groups is 1. The van der Waals surface area contributed by atoms with Gasteiger partial charge in [-0.25, -0.2) is 30.7 Å². The number of carbonyl (C=O) groups excluding carboxylic acids is 1. The topological polar surface area (TPSA) is 156 Å². The van der Waals surface area contributed by atoms with Gasteiger partial charge in [0.15, 0.2) is 19.7 Å². The Bertz CT molecular complexity index is 1180. The predicted octanol–water partition coefficient (Wildman–Crippen LogP) is -0.477. The summed E-state index contributed by atoms with van der Waals surface area (Å²) in [6, 6.07) is 2.49. The number of nitrogens with one attached hydrogen (secondary N) is 2. The minimum absolute atomic E-state index is 0.000740. The lowest BCUT2D eigenvalue weighted by molar-refractivity contribution is -0.114.